The summed E-state index contributed by atoms with van der Waals surface area (Å²) in [4.78, 5) is 4.43. The maximum atomic E-state index is 9.72. The number of aromatic nitrogens is 2. The molecule has 0 aliphatic heterocycles. The van der Waals surface area contributed by atoms with Crippen LogP contribution in [0.5, 0.6) is 5.75 Å². The van der Waals surface area contributed by atoms with E-state index in [1.165, 1.54) is 0 Å². The molecule has 0 fully saturated rings. The molecule has 16 heavy (non-hydrogen) atoms. The maximum Gasteiger partial charge on any atom is 0.141 e. The van der Waals surface area contributed by atoms with Crippen LogP contribution in [0.2, 0.25) is 0 Å². The summed E-state index contributed by atoms with van der Waals surface area (Å²) < 4.78 is 1.91. The second-order valence-electron chi connectivity index (χ2n) is 3.61. The minimum absolute atomic E-state index is 0.214. The summed E-state index contributed by atoms with van der Waals surface area (Å²) in [5.41, 5.74) is 0.633. The largest absolute Gasteiger partial charge is 0.506 e. The molecule has 3 nitrogen and oxygen atoms in total. The molecule has 78 valence electrons. The summed E-state index contributed by atoms with van der Waals surface area (Å²) in [5.74, 6) is 1.02. The van der Waals surface area contributed by atoms with Crippen molar-refractivity contribution in [2.24, 2.45) is 0 Å². The van der Waals surface area contributed by atoms with Crippen molar-refractivity contribution in [3.8, 4) is 11.6 Å². The predicted molar refractivity (Wildman–Crippen MR) is 62.7 cm³/mol. The summed E-state index contributed by atoms with van der Waals surface area (Å²) >= 11 is 0. The number of benzene rings is 1. The normalized spacial score (nSPS) is 10.8. The molecule has 3 heteroatoms. The van der Waals surface area contributed by atoms with Crippen LogP contribution in [0.4, 0.5) is 0 Å². The number of phenolic OH excluding ortho intramolecular Hbond substituents is 1. The first-order valence-corrected chi connectivity index (χ1v) is 5.07. The van der Waals surface area contributed by atoms with Crippen LogP contribution in [0.1, 0.15) is 0 Å². The number of aromatic hydroxyl groups is 1. The molecular weight excluding hydrogens is 200 g/mol. The zero-order valence-corrected chi connectivity index (χ0v) is 8.54. The van der Waals surface area contributed by atoms with Gasteiger partial charge in [-0.2, -0.15) is 0 Å². The van der Waals surface area contributed by atoms with Crippen LogP contribution in [0.25, 0.3) is 16.7 Å². The van der Waals surface area contributed by atoms with Crippen LogP contribution in [0, 0.1) is 0 Å². The van der Waals surface area contributed by atoms with E-state index in [0.717, 1.165) is 11.2 Å². The van der Waals surface area contributed by atoms with Crippen LogP contribution in [0.15, 0.2) is 54.9 Å². The van der Waals surface area contributed by atoms with Crippen molar-refractivity contribution in [3.63, 3.8) is 0 Å². The molecule has 0 spiro atoms. The first kappa shape index (κ1) is 8.97. The van der Waals surface area contributed by atoms with Crippen LogP contribution < -0.4 is 0 Å². The van der Waals surface area contributed by atoms with E-state index in [1.54, 1.807) is 6.07 Å². The van der Waals surface area contributed by atoms with E-state index in [9.17, 15) is 5.11 Å². The van der Waals surface area contributed by atoms with Gasteiger partial charge < -0.3 is 9.67 Å². The number of nitrogens with zero attached hydrogens (tertiary/aromatic N) is 2. The Morgan fingerprint density at radius 3 is 2.56 bits per heavy atom. The number of hydrogen-bond donors (Lipinski definition) is 1. The lowest BCUT2D eigenvalue weighted by Gasteiger charge is -2.04. The van der Waals surface area contributed by atoms with Gasteiger partial charge in [-0.15, -0.1) is 0 Å². The Kier molecular flexibility index (Phi) is 1.90. The Hall–Kier alpha value is -2.29. The van der Waals surface area contributed by atoms with Crippen LogP contribution in [-0.4, -0.2) is 14.7 Å². The van der Waals surface area contributed by atoms with E-state index in [1.807, 2.05) is 53.4 Å². The summed E-state index contributed by atoms with van der Waals surface area (Å²) in [5, 5.41) is 10.7. The van der Waals surface area contributed by atoms with Gasteiger partial charge in [-0.3, -0.25) is 0 Å². The number of para-hydroxylation sites is 1. The lowest BCUT2D eigenvalue weighted by atomic mass is 10.2. The third-order valence-corrected chi connectivity index (χ3v) is 2.55. The number of phenols is 1. The molecular formula is C13H10N2O. The smallest absolute Gasteiger partial charge is 0.141 e. The highest BCUT2D eigenvalue weighted by atomic mass is 16.3. The lowest BCUT2D eigenvalue weighted by molar-refractivity contribution is 0.480. The van der Waals surface area contributed by atoms with Crippen molar-refractivity contribution >= 4 is 10.9 Å². The van der Waals surface area contributed by atoms with Gasteiger partial charge in [-0.05, 0) is 30.3 Å². The van der Waals surface area contributed by atoms with Gasteiger partial charge >= 0.3 is 0 Å². The Morgan fingerprint density at radius 1 is 0.938 bits per heavy atom. The maximum absolute atomic E-state index is 9.72. The Bertz CT molecular complexity index is 629. The van der Waals surface area contributed by atoms with Gasteiger partial charge in [0.05, 0.1) is 0 Å². The Labute approximate surface area is 92.6 Å². The molecule has 1 aromatic carbocycles. The second kappa shape index (κ2) is 3.38. The van der Waals surface area contributed by atoms with Crippen molar-refractivity contribution in [2.75, 3.05) is 0 Å². The Morgan fingerprint density at radius 2 is 1.75 bits per heavy atom. The van der Waals surface area contributed by atoms with E-state index >= 15 is 0 Å². The molecule has 3 aromatic rings. The fourth-order valence-electron chi connectivity index (χ4n) is 1.75. The highest BCUT2D eigenvalue weighted by Gasteiger charge is 2.02. The summed E-state index contributed by atoms with van der Waals surface area (Å²) in [6, 6.07) is 13.2. The lowest BCUT2D eigenvalue weighted by Crippen LogP contribution is -1.93. The van der Waals surface area contributed by atoms with Gasteiger partial charge in [-0.25, -0.2) is 4.98 Å². The fourth-order valence-corrected chi connectivity index (χ4v) is 1.75. The molecule has 0 radical (unpaired) electrons. The summed E-state index contributed by atoms with van der Waals surface area (Å²) in [7, 11) is 0. The zero-order chi connectivity index (χ0) is 11.0. The first-order valence-electron chi connectivity index (χ1n) is 5.07. The zero-order valence-electron chi connectivity index (χ0n) is 8.54. The molecule has 2 heterocycles. The average Bonchev–Trinajstić information content (AvgIpc) is 2.83. The second-order valence-corrected chi connectivity index (χ2v) is 3.61. The SMILES string of the molecule is Oc1cccc2ccc(-n3cccc3)nc12. The monoisotopic (exact) mass is 210 g/mol. The van der Waals surface area contributed by atoms with Crippen LogP contribution in [0.3, 0.4) is 0 Å². The van der Waals surface area contributed by atoms with Gasteiger partial charge in [0.2, 0.25) is 0 Å². The van der Waals surface area contributed by atoms with Gasteiger partial charge in [-0.1, -0.05) is 12.1 Å². The van der Waals surface area contributed by atoms with Gasteiger partial charge in [0.15, 0.2) is 0 Å². The van der Waals surface area contributed by atoms with Gasteiger partial charge in [0, 0.05) is 17.8 Å². The highest BCUT2D eigenvalue weighted by Crippen LogP contribution is 2.23. The van der Waals surface area contributed by atoms with Crippen LogP contribution >= 0.6 is 0 Å². The molecule has 0 aliphatic carbocycles. The molecule has 0 atom stereocenters. The van der Waals surface area contributed by atoms with Crippen molar-refractivity contribution < 1.29 is 5.11 Å². The summed E-state index contributed by atoms with van der Waals surface area (Å²) in [6.45, 7) is 0. The Balaban J connectivity index is 2.27. The van der Waals surface area contributed by atoms with Crippen molar-refractivity contribution in [1.29, 1.82) is 0 Å². The molecule has 0 amide bonds. The van der Waals surface area contributed by atoms with Crippen molar-refractivity contribution in [2.45, 2.75) is 0 Å². The molecule has 1 N–H and O–H groups in total. The predicted octanol–water partition coefficient (Wildman–Crippen LogP) is 2.73. The van der Waals surface area contributed by atoms with E-state index in [2.05, 4.69) is 4.98 Å². The molecule has 3 rings (SSSR count). The molecule has 0 unspecified atom stereocenters. The average molecular weight is 210 g/mol. The molecule has 0 aliphatic rings. The van der Waals surface area contributed by atoms with Crippen molar-refractivity contribution in [3.05, 3.63) is 54.9 Å². The molecule has 0 saturated carbocycles. The molecule has 0 bridgehead atoms. The number of fused-ring (bicyclic) bond motifs is 1. The highest BCUT2D eigenvalue weighted by molar-refractivity contribution is 5.84. The fraction of sp³-hybridized carbons (Fsp3) is 0. The number of hydrogen-bond acceptors (Lipinski definition) is 2. The third-order valence-electron chi connectivity index (χ3n) is 2.55. The minimum Gasteiger partial charge on any atom is -0.506 e. The van der Waals surface area contributed by atoms with Crippen LogP contribution in [-0.2, 0) is 0 Å². The third kappa shape index (κ3) is 1.34. The van der Waals surface area contributed by atoms with Crippen molar-refractivity contribution in [1.82, 2.24) is 9.55 Å². The van der Waals surface area contributed by atoms with E-state index in [4.69, 9.17) is 0 Å². The van der Waals surface area contributed by atoms with Gasteiger partial charge in [0.25, 0.3) is 0 Å². The van der Waals surface area contributed by atoms with E-state index in [0.29, 0.717) is 5.52 Å². The van der Waals surface area contributed by atoms with E-state index < -0.39 is 0 Å². The number of pyridine rings is 1. The quantitative estimate of drug-likeness (QED) is 0.670. The minimum atomic E-state index is 0.214. The van der Waals surface area contributed by atoms with Gasteiger partial charge in [0.1, 0.15) is 17.1 Å². The number of rotatable bonds is 1. The topological polar surface area (TPSA) is 38.0 Å². The van der Waals surface area contributed by atoms with E-state index in [-0.39, 0.29) is 5.75 Å². The molecule has 0 saturated heterocycles. The first-order chi connectivity index (χ1) is 7.84. The summed E-state index contributed by atoms with van der Waals surface area (Å²) in [6.07, 6.45) is 3.85. The molecule has 2 aromatic heterocycles. The standard InChI is InChI=1S/C13H10N2O/c16-11-5-3-4-10-6-7-12(14-13(10)11)15-8-1-2-9-15/h1-9,16H.